The van der Waals surface area contributed by atoms with Crippen molar-refractivity contribution >= 4 is 17.2 Å². The molecule has 0 aliphatic carbocycles. The van der Waals surface area contributed by atoms with Crippen LogP contribution < -0.4 is 5.32 Å². The van der Waals surface area contributed by atoms with E-state index in [0.29, 0.717) is 6.54 Å². The van der Waals surface area contributed by atoms with E-state index >= 15 is 0 Å². The number of nitrogens with one attached hydrogen (secondary N) is 1. The summed E-state index contributed by atoms with van der Waals surface area (Å²) in [4.78, 5) is 16.6. The molecular weight excluding hydrogens is 258 g/mol. The highest BCUT2D eigenvalue weighted by Crippen LogP contribution is 2.15. The number of thiazole rings is 1. The maximum absolute atomic E-state index is 12.3. The van der Waals surface area contributed by atoms with Gasteiger partial charge >= 0.3 is 0 Å². The SMILES string of the molecule is CCCC(C(=O)NCc1csc(C)n1)n1cccc1. The van der Waals surface area contributed by atoms with Crippen LogP contribution in [0.2, 0.25) is 0 Å². The van der Waals surface area contributed by atoms with E-state index in [1.807, 2.05) is 41.4 Å². The standard InChI is InChI=1S/C14H19N3OS/c1-3-6-13(17-7-4-5-8-17)14(18)15-9-12-10-19-11(2)16-12/h4-5,7-8,10,13H,3,6,9H2,1-2H3,(H,15,18). The molecule has 5 heteroatoms. The van der Waals surface area contributed by atoms with Crippen molar-refractivity contribution in [3.05, 3.63) is 40.6 Å². The average Bonchev–Trinajstić information content (AvgIpc) is 3.04. The van der Waals surface area contributed by atoms with Crippen molar-refractivity contribution in [2.24, 2.45) is 0 Å². The molecule has 0 aliphatic rings. The minimum Gasteiger partial charge on any atom is -0.349 e. The summed E-state index contributed by atoms with van der Waals surface area (Å²) in [5.41, 5.74) is 0.929. The molecule has 102 valence electrons. The Labute approximate surface area is 117 Å². The minimum atomic E-state index is -0.125. The molecule has 0 fully saturated rings. The maximum atomic E-state index is 12.3. The lowest BCUT2D eigenvalue weighted by Gasteiger charge is -2.17. The van der Waals surface area contributed by atoms with Gasteiger partial charge < -0.3 is 9.88 Å². The number of hydrogen-bond acceptors (Lipinski definition) is 3. The Morgan fingerprint density at radius 3 is 2.79 bits per heavy atom. The average molecular weight is 277 g/mol. The van der Waals surface area contributed by atoms with Gasteiger partial charge in [0.15, 0.2) is 0 Å². The van der Waals surface area contributed by atoms with Gasteiger partial charge in [-0.05, 0) is 25.5 Å². The molecule has 2 aromatic rings. The van der Waals surface area contributed by atoms with E-state index in [9.17, 15) is 4.79 Å². The lowest BCUT2D eigenvalue weighted by molar-refractivity contribution is -0.124. The highest BCUT2D eigenvalue weighted by molar-refractivity contribution is 7.09. The third-order valence-electron chi connectivity index (χ3n) is 2.96. The zero-order valence-corrected chi connectivity index (χ0v) is 12.1. The van der Waals surface area contributed by atoms with Crippen LogP contribution in [-0.4, -0.2) is 15.5 Å². The molecule has 0 saturated heterocycles. The molecule has 1 unspecified atom stereocenters. The fourth-order valence-electron chi connectivity index (χ4n) is 2.03. The van der Waals surface area contributed by atoms with Crippen LogP contribution in [0, 0.1) is 6.92 Å². The van der Waals surface area contributed by atoms with Crippen LogP contribution in [0.15, 0.2) is 29.9 Å². The molecule has 0 aliphatic heterocycles. The van der Waals surface area contributed by atoms with Crippen LogP contribution in [0.4, 0.5) is 0 Å². The van der Waals surface area contributed by atoms with Gasteiger partial charge in [-0.3, -0.25) is 4.79 Å². The quantitative estimate of drug-likeness (QED) is 0.882. The van der Waals surface area contributed by atoms with E-state index in [1.54, 1.807) is 11.3 Å². The second-order valence-corrected chi connectivity index (χ2v) is 5.57. The maximum Gasteiger partial charge on any atom is 0.243 e. The van der Waals surface area contributed by atoms with Crippen LogP contribution in [0.1, 0.15) is 36.5 Å². The summed E-state index contributed by atoms with van der Waals surface area (Å²) in [7, 11) is 0. The van der Waals surface area contributed by atoms with Gasteiger partial charge in [-0.15, -0.1) is 11.3 Å². The Bertz CT molecular complexity index is 519. The molecule has 4 nitrogen and oxygen atoms in total. The molecule has 2 rings (SSSR count). The predicted molar refractivity (Wildman–Crippen MR) is 77.1 cm³/mol. The van der Waals surface area contributed by atoms with Crippen LogP contribution >= 0.6 is 11.3 Å². The third kappa shape index (κ3) is 3.67. The number of carbonyl (C=O) groups excluding carboxylic acids is 1. The van der Waals surface area contributed by atoms with Crippen molar-refractivity contribution in [3.63, 3.8) is 0 Å². The summed E-state index contributed by atoms with van der Waals surface area (Å²) in [6.07, 6.45) is 5.70. The topological polar surface area (TPSA) is 46.9 Å². The molecule has 1 amide bonds. The molecule has 0 saturated carbocycles. The minimum absolute atomic E-state index is 0.0590. The highest BCUT2D eigenvalue weighted by Gasteiger charge is 2.18. The molecule has 19 heavy (non-hydrogen) atoms. The Morgan fingerprint density at radius 2 is 2.21 bits per heavy atom. The second-order valence-electron chi connectivity index (χ2n) is 4.51. The van der Waals surface area contributed by atoms with Crippen molar-refractivity contribution in [2.75, 3.05) is 0 Å². The zero-order valence-electron chi connectivity index (χ0n) is 11.3. The van der Waals surface area contributed by atoms with Gasteiger partial charge in [0.2, 0.25) is 5.91 Å². The van der Waals surface area contributed by atoms with Crippen molar-refractivity contribution in [1.29, 1.82) is 0 Å². The van der Waals surface area contributed by atoms with E-state index < -0.39 is 0 Å². The zero-order chi connectivity index (χ0) is 13.7. The summed E-state index contributed by atoms with van der Waals surface area (Å²) in [6, 6.07) is 3.76. The van der Waals surface area contributed by atoms with Crippen LogP contribution in [0.5, 0.6) is 0 Å². The molecule has 0 bridgehead atoms. The first kappa shape index (κ1) is 13.8. The lowest BCUT2D eigenvalue weighted by atomic mass is 10.1. The smallest absolute Gasteiger partial charge is 0.243 e. The largest absolute Gasteiger partial charge is 0.349 e. The van der Waals surface area contributed by atoms with E-state index in [-0.39, 0.29) is 11.9 Å². The van der Waals surface area contributed by atoms with E-state index in [2.05, 4.69) is 17.2 Å². The predicted octanol–water partition coefficient (Wildman–Crippen LogP) is 2.91. The molecule has 0 radical (unpaired) electrons. The summed E-state index contributed by atoms with van der Waals surface area (Å²) >= 11 is 1.60. The monoisotopic (exact) mass is 277 g/mol. The van der Waals surface area contributed by atoms with E-state index in [4.69, 9.17) is 0 Å². The fraction of sp³-hybridized carbons (Fsp3) is 0.429. The van der Waals surface area contributed by atoms with Gasteiger partial charge in [-0.2, -0.15) is 0 Å². The number of aryl methyl sites for hydroxylation is 1. The van der Waals surface area contributed by atoms with Gasteiger partial charge in [-0.25, -0.2) is 4.98 Å². The summed E-state index contributed by atoms with van der Waals surface area (Å²) in [6.45, 7) is 4.56. The molecule has 1 atom stereocenters. The molecule has 0 aromatic carbocycles. The van der Waals surface area contributed by atoms with Crippen molar-refractivity contribution < 1.29 is 4.79 Å². The second kappa shape index (κ2) is 6.52. The molecular formula is C14H19N3OS. The Balaban J connectivity index is 1.96. The Kier molecular flexibility index (Phi) is 4.74. The van der Waals surface area contributed by atoms with Gasteiger partial charge in [0, 0.05) is 17.8 Å². The third-order valence-corrected chi connectivity index (χ3v) is 3.78. The first-order valence-corrected chi connectivity index (χ1v) is 7.40. The number of amides is 1. The van der Waals surface area contributed by atoms with Crippen LogP contribution in [-0.2, 0) is 11.3 Å². The van der Waals surface area contributed by atoms with Crippen molar-refractivity contribution in [3.8, 4) is 0 Å². The summed E-state index contributed by atoms with van der Waals surface area (Å²) in [5.74, 6) is 0.0590. The Morgan fingerprint density at radius 1 is 1.47 bits per heavy atom. The normalized spacial score (nSPS) is 12.3. The van der Waals surface area contributed by atoms with Crippen molar-refractivity contribution in [2.45, 2.75) is 39.3 Å². The summed E-state index contributed by atoms with van der Waals surface area (Å²) in [5, 5.41) is 5.98. The van der Waals surface area contributed by atoms with E-state index in [0.717, 1.165) is 23.5 Å². The molecule has 2 heterocycles. The number of hydrogen-bond donors (Lipinski definition) is 1. The molecule has 2 aromatic heterocycles. The van der Waals surface area contributed by atoms with Gasteiger partial charge in [0.25, 0.3) is 0 Å². The van der Waals surface area contributed by atoms with Gasteiger partial charge in [-0.1, -0.05) is 13.3 Å². The Hall–Kier alpha value is -1.62. The van der Waals surface area contributed by atoms with E-state index in [1.165, 1.54) is 0 Å². The fourth-order valence-corrected chi connectivity index (χ4v) is 2.64. The number of nitrogens with zero attached hydrogens (tertiary/aromatic N) is 2. The van der Waals surface area contributed by atoms with Crippen molar-refractivity contribution in [1.82, 2.24) is 14.9 Å². The number of carbonyl (C=O) groups is 1. The number of aromatic nitrogens is 2. The first-order chi connectivity index (χ1) is 9.20. The van der Waals surface area contributed by atoms with Gasteiger partial charge in [0.05, 0.1) is 17.2 Å². The number of rotatable bonds is 6. The van der Waals surface area contributed by atoms with Gasteiger partial charge in [0.1, 0.15) is 6.04 Å². The summed E-state index contributed by atoms with van der Waals surface area (Å²) < 4.78 is 1.96. The molecule has 1 N–H and O–H groups in total. The highest BCUT2D eigenvalue weighted by atomic mass is 32.1. The van der Waals surface area contributed by atoms with Crippen LogP contribution in [0.25, 0.3) is 0 Å². The first-order valence-electron chi connectivity index (χ1n) is 6.52. The molecule has 0 spiro atoms. The van der Waals surface area contributed by atoms with Crippen LogP contribution in [0.3, 0.4) is 0 Å². The lowest BCUT2D eigenvalue weighted by Crippen LogP contribution is -2.31.